The molecule has 28 heavy (non-hydrogen) atoms. The van der Waals surface area contributed by atoms with Crippen LogP contribution in [0, 0.1) is 0 Å². The van der Waals surface area contributed by atoms with Crippen LogP contribution in [0.15, 0.2) is 54.6 Å². The molecule has 2 amide bonds. The van der Waals surface area contributed by atoms with Gasteiger partial charge in [-0.25, -0.2) is 0 Å². The molecule has 0 saturated carbocycles. The van der Waals surface area contributed by atoms with Crippen molar-refractivity contribution in [2.45, 2.75) is 31.5 Å². The fraction of sp³-hybridized carbons (Fsp3) is 0.333. The van der Waals surface area contributed by atoms with Crippen LogP contribution in [0.25, 0.3) is 0 Å². The van der Waals surface area contributed by atoms with Crippen LogP contribution in [-0.4, -0.2) is 35.8 Å². The zero-order valence-corrected chi connectivity index (χ0v) is 15.2. The number of nitrogens with zero attached hydrogens (tertiary/aromatic N) is 1. The molecule has 1 unspecified atom stereocenters. The van der Waals surface area contributed by atoms with E-state index >= 15 is 0 Å². The minimum atomic E-state index is -4.65. The van der Waals surface area contributed by atoms with Gasteiger partial charge in [0, 0.05) is 19.5 Å². The van der Waals surface area contributed by atoms with E-state index < -0.39 is 29.3 Å². The summed E-state index contributed by atoms with van der Waals surface area (Å²) in [7, 11) is 0. The van der Waals surface area contributed by atoms with Crippen molar-refractivity contribution in [3.8, 4) is 0 Å². The molecule has 1 fully saturated rings. The summed E-state index contributed by atoms with van der Waals surface area (Å²) < 4.78 is 39.7. The molecule has 1 saturated heterocycles. The summed E-state index contributed by atoms with van der Waals surface area (Å²) in [4.78, 5) is 27.2. The predicted octanol–water partition coefficient (Wildman–Crippen LogP) is 3.67. The van der Waals surface area contributed by atoms with Gasteiger partial charge in [-0.2, -0.15) is 13.2 Å². The highest BCUT2D eigenvalue weighted by molar-refractivity contribution is 5.99. The van der Waals surface area contributed by atoms with Gasteiger partial charge in [-0.05, 0) is 30.5 Å². The number of halogens is 3. The number of alkyl halides is 3. The molecule has 3 rings (SSSR count). The lowest BCUT2D eigenvalue weighted by molar-refractivity contribution is -0.137. The normalized spacial score (nSPS) is 15.3. The summed E-state index contributed by atoms with van der Waals surface area (Å²) >= 11 is 0. The van der Waals surface area contributed by atoms with Crippen LogP contribution in [0.2, 0.25) is 0 Å². The Morgan fingerprint density at radius 2 is 1.57 bits per heavy atom. The van der Waals surface area contributed by atoms with Gasteiger partial charge in [-0.3, -0.25) is 9.59 Å². The average Bonchev–Trinajstić information content (AvgIpc) is 3.22. The molecule has 1 N–H and O–H groups in total. The Labute approximate surface area is 161 Å². The zero-order valence-electron chi connectivity index (χ0n) is 15.2. The van der Waals surface area contributed by atoms with E-state index in [1.807, 2.05) is 30.3 Å². The smallest absolute Gasteiger partial charge is 0.341 e. The van der Waals surface area contributed by atoms with Crippen LogP contribution < -0.4 is 5.32 Å². The summed E-state index contributed by atoms with van der Waals surface area (Å²) in [6.07, 6.45) is -2.67. The van der Waals surface area contributed by atoms with Crippen molar-refractivity contribution in [2.24, 2.45) is 0 Å². The van der Waals surface area contributed by atoms with E-state index in [1.54, 1.807) is 4.90 Å². The third kappa shape index (κ3) is 4.71. The SMILES string of the molecule is O=C(NC(Cc1ccccc1)C(=O)N1CCCC1)c1ccccc1C(F)(F)F. The number of carbonyl (C=O) groups is 2. The highest BCUT2D eigenvalue weighted by atomic mass is 19.4. The van der Waals surface area contributed by atoms with Crippen molar-refractivity contribution in [2.75, 3.05) is 13.1 Å². The number of rotatable bonds is 5. The lowest BCUT2D eigenvalue weighted by atomic mass is 10.0. The standard InChI is InChI=1S/C21H21F3N2O2/c22-21(23,24)17-11-5-4-10-16(17)19(27)25-18(14-15-8-2-1-3-9-15)20(28)26-12-6-7-13-26/h1-5,8-11,18H,6-7,12-14H2,(H,25,27). The van der Waals surface area contributed by atoms with Gasteiger partial charge in [0.05, 0.1) is 11.1 Å². The molecule has 0 radical (unpaired) electrons. The lowest BCUT2D eigenvalue weighted by Crippen LogP contribution is -2.49. The third-order valence-corrected chi connectivity index (χ3v) is 4.78. The van der Waals surface area contributed by atoms with Gasteiger partial charge in [0.15, 0.2) is 0 Å². The number of likely N-dealkylation sites (tertiary alicyclic amines) is 1. The minimum Gasteiger partial charge on any atom is -0.341 e. The first-order valence-corrected chi connectivity index (χ1v) is 9.16. The van der Waals surface area contributed by atoms with E-state index in [0.29, 0.717) is 13.1 Å². The maximum atomic E-state index is 13.2. The molecule has 2 aromatic rings. The molecule has 7 heteroatoms. The number of hydrogen-bond donors (Lipinski definition) is 1. The van der Waals surface area contributed by atoms with Crippen molar-refractivity contribution < 1.29 is 22.8 Å². The molecular formula is C21H21F3N2O2. The molecule has 0 aliphatic carbocycles. The van der Waals surface area contributed by atoms with Gasteiger partial charge in [-0.15, -0.1) is 0 Å². The van der Waals surface area contributed by atoms with Gasteiger partial charge in [0.2, 0.25) is 5.91 Å². The molecule has 1 atom stereocenters. The Kier molecular flexibility index (Phi) is 6.02. The molecule has 2 aromatic carbocycles. The van der Waals surface area contributed by atoms with Crippen molar-refractivity contribution in [3.05, 3.63) is 71.3 Å². The Hall–Kier alpha value is -2.83. The minimum absolute atomic E-state index is 0.218. The second kappa shape index (κ2) is 8.46. The van der Waals surface area contributed by atoms with Crippen molar-refractivity contribution >= 4 is 11.8 Å². The topological polar surface area (TPSA) is 49.4 Å². The fourth-order valence-corrected chi connectivity index (χ4v) is 3.37. The highest BCUT2D eigenvalue weighted by Crippen LogP contribution is 2.31. The molecule has 1 aliphatic heterocycles. The van der Waals surface area contributed by atoms with Gasteiger partial charge >= 0.3 is 6.18 Å². The largest absolute Gasteiger partial charge is 0.417 e. The fourth-order valence-electron chi connectivity index (χ4n) is 3.37. The maximum Gasteiger partial charge on any atom is 0.417 e. The Morgan fingerprint density at radius 3 is 2.21 bits per heavy atom. The Bertz CT molecular complexity index is 831. The number of hydrogen-bond acceptors (Lipinski definition) is 2. The number of carbonyl (C=O) groups excluding carboxylic acids is 2. The predicted molar refractivity (Wildman–Crippen MR) is 98.7 cm³/mol. The second-order valence-electron chi connectivity index (χ2n) is 6.79. The molecule has 0 bridgehead atoms. The van der Waals surface area contributed by atoms with E-state index in [0.717, 1.165) is 30.5 Å². The number of benzene rings is 2. The van der Waals surface area contributed by atoms with E-state index in [1.165, 1.54) is 12.1 Å². The lowest BCUT2D eigenvalue weighted by Gasteiger charge is -2.25. The van der Waals surface area contributed by atoms with Crippen LogP contribution in [0.5, 0.6) is 0 Å². The third-order valence-electron chi connectivity index (χ3n) is 4.78. The van der Waals surface area contributed by atoms with Crippen molar-refractivity contribution in [1.29, 1.82) is 0 Å². The maximum absolute atomic E-state index is 13.2. The van der Waals surface area contributed by atoms with Gasteiger partial charge in [0.25, 0.3) is 5.91 Å². The summed E-state index contributed by atoms with van der Waals surface area (Å²) in [5.41, 5.74) is -0.675. The Morgan fingerprint density at radius 1 is 0.964 bits per heavy atom. The number of nitrogens with one attached hydrogen (secondary N) is 1. The van der Waals surface area contributed by atoms with Gasteiger partial charge in [-0.1, -0.05) is 42.5 Å². The first kappa shape index (κ1) is 19.9. The van der Waals surface area contributed by atoms with Crippen molar-refractivity contribution in [3.63, 3.8) is 0 Å². The van der Waals surface area contributed by atoms with Crippen LogP contribution in [-0.2, 0) is 17.4 Å². The van der Waals surface area contributed by atoms with Crippen LogP contribution >= 0.6 is 0 Å². The highest BCUT2D eigenvalue weighted by Gasteiger charge is 2.36. The van der Waals surface area contributed by atoms with Crippen LogP contribution in [0.3, 0.4) is 0 Å². The zero-order chi connectivity index (χ0) is 20.1. The second-order valence-corrected chi connectivity index (χ2v) is 6.79. The van der Waals surface area contributed by atoms with Crippen LogP contribution in [0.1, 0.15) is 34.3 Å². The Balaban J connectivity index is 1.84. The van der Waals surface area contributed by atoms with E-state index in [2.05, 4.69) is 5.32 Å². The first-order valence-electron chi connectivity index (χ1n) is 9.16. The van der Waals surface area contributed by atoms with Gasteiger partial charge < -0.3 is 10.2 Å². The quantitative estimate of drug-likeness (QED) is 0.847. The van der Waals surface area contributed by atoms with Gasteiger partial charge in [0.1, 0.15) is 6.04 Å². The summed E-state index contributed by atoms with van der Waals surface area (Å²) in [6, 6.07) is 12.8. The van der Waals surface area contributed by atoms with Crippen LogP contribution in [0.4, 0.5) is 13.2 Å². The average molecular weight is 390 g/mol. The molecule has 0 aromatic heterocycles. The molecule has 148 valence electrons. The number of amides is 2. The van der Waals surface area contributed by atoms with E-state index in [-0.39, 0.29) is 12.3 Å². The summed E-state index contributed by atoms with van der Waals surface area (Å²) in [5.74, 6) is -1.17. The van der Waals surface area contributed by atoms with E-state index in [4.69, 9.17) is 0 Å². The molecule has 4 nitrogen and oxygen atoms in total. The summed E-state index contributed by atoms with van der Waals surface area (Å²) in [5, 5.41) is 2.54. The molecule has 0 spiro atoms. The van der Waals surface area contributed by atoms with Crippen molar-refractivity contribution in [1.82, 2.24) is 10.2 Å². The first-order chi connectivity index (χ1) is 13.4. The molecule has 1 heterocycles. The monoisotopic (exact) mass is 390 g/mol. The van der Waals surface area contributed by atoms with E-state index in [9.17, 15) is 22.8 Å². The molecular weight excluding hydrogens is 369 g/mol. The molecule has 1 aliphatic rings. The summed E-state index contributed by atoms with van der Waals surface area (Å²) in [6.45, 7) is 1.19.